The summed E-state index contributed by atoms with van der Waals surface area (Å²) in [5.74, 6) is -0.637. The van der Waals surface area contributed by atoms with Gasteiger partial charge in [-0.15, -0.1) is 0 Å². The maximum Gasteiger partial charge on any atom is 0.340 e. The second kappa shape index (κ2) is 4.96. The Hall–Kier alpha value is -3.22. The van der Waals surface area contributed by atoms with Gasteiger partial charge in [-0.2, -0.15) is 0 Å². The number of aromatic nitrogens is 1. The molecular weight excluding hydrogens is 288 g/mol. The van der Waals surface area contributed by atoms with E-state index in [0.717, 1.165) is 0 Å². The molecule has 22 heavy (non-hydrogen) atoms. The van der Waals surface area contributed by atoms with Gasteiger partial charge in [0.2, 0.25) is 0 Å². The molecule has 0 saturated heterocycles. The number of phenolic OH excluding ortho intramolecular Hbond substituents is 1. The molecule has 7 heteroatoms. The predicted molar refractivity (Wildman–Crippen MR) is 78.9 cm³/mol. The third-order valence-corrected chi connectivity index (χ3v) is 3.35. The number of ether oxygens (including phenoxy) is 1. The quantitative estimate of drug-likeness (QED) is 0.338. The third-order valence-electron chi connectivity index (χ3n) is 3.35. The molecule has 0 saturated carbocycles. The Balaban J connectivity index is 2.37. The van der Waals surface area contributed by atoms with Crippen molar-refractivity contribution in [3.8, 4) is 5.75 Å². The summed E-state index contributed by atoms with van der Waals surface area (Å²) in [7, 11) is 1.26. The van der Waals surface area contributed by atoms with Gasteiger partial charge in [-0.05, 0) is 24.3 Å². The van der Waals surface area contributed by atoms with E-state index in [9.17, 15) is 20.0 Å². The van der Waals surface area contributed by atoms with Crippen LogP contribution in [0.3, 0.4) is 0 Å². The Morgan fingerprint density at radius 2 is 2.05 bits per heavy atom. The van der Waals surface area contributed by atoms with Crippen LogP contribution in [-0.4, -0.2) is 28.1 Å². The lowest BCUT2D eigenvalue weighted by Crippen LogP contribution is -2.03. The van der Waals surface area contributed by atoms with Crippen molar-refractivity contribution in [2.24, 2.45) is 0 Å². The number of aromatic hydroxyl groups is 1. The standard InChI is InChI=1S/C15H10N2O5/c1-22-15(19)10-3-5-13(18)11-7-8-6-9(17(20)21)2-4-12(8)16-14(10)11/h2-7,18H,1H3. The third kappa shape index (κ3) is 2.08. The highest BCUT2D eigenvalue weighted by Crippen LogP contribution is 2.31. The number of carbonyl (C=O) groups is 1. The first-order valence-electron chi connectivity index (χ1n) is 6.30. The van der Waals surface area contributed by atoms with Crippen LogP contribution in [-0.2, 0) is 4.74 Å². The minimum absolute atomic E-state index is 0.0661. The molecule has 0 unspecified atom stereocenters. The van der Waals surface area contributed by atoms with Gasteiger partial charge in [0.25, 0.3) is 5.69 Å². The number of phenols is 1. The van der Waals surface area contributed by atoms with E-state index in [1.54, 1.807) is 6.07 Å². The topological polar surface area (TPSA) is 103 Å². The number of benzene rings is 2. The molecule has 1 aromatic heterocycles. The minimum atomic E-state index is -0.571. The molecule has 110 valence electrons. The van der Waals surface area contributed by atoms with Gasteiger partial charge in [-0.3, -0.25) is 10.1 Å². The number of nitrogens with zero attached hydrogens (tertiary/aromatic N) is 2. The number of esters is 1. The predicted octanol–water partition coefficient (Wildman–Crippen LogP) is 2.79. The fraction of sp³-hybridized carbons (Fsp3) is 0.0667. The van der Waals surface area contributed by atoms with Crippen molar-refractivity contribution in [2.75, 3.05) is 7.11 Å². The van der Waals surface area contributed by atoms with Crippen LogP contribution in [0.5, 0.6) is 5.75 Å². The summed E-state index contributed by atoms with van der Waals surface area (Å²) < 4.78 is 4.70. The zero-order chi connectivity index (χ0) is 15.9. The maximum atomic E-state index is 11.8. The first kappa shape index (κ1) is 13.7. The van der Waals surface area contributed by atoms with E-state index in [-0.39, 0.29) is 22.5 Å². The normalized spacial score (nSPS) is 10.8. The number of non-ortho nitro benzene ring substituents is 1. The van der Waals surface area contributed by atoms with Gasteiger partial charge >= 0.3 is 5.97 Å². The van der Waals surface area contributed by atoms with Crippen molar-refractivity contribution in [2.45, 2.75) is 0 Å². The van der Waals surface area contributed by atoms with Crippen LogP contribution in [0.25, 0.3) is 21.8 Å². The summed E-state index contributed by atoms with van der Waals surface area (Å²) in [6, 6.07) is 8.55. The fourth-order valence-electron chi connectivity index (χ4n) is 2.28. The van der Waals surface area contributed by atoms with E-state index in [1.807, 2.05) is 0 Å². The summed E-state index contributed by atoms with van der Waals surface area (Å²) in [4.78, 5) is 26.4. The SMILES string of the molecule is COC(=O)c1ccc(O)c2cc3cc([N+](=O)[O-])ccc3nc12. The molecule has 0 amide bonds. The summed E-state index contributed by atoms with van der Waals surface area (Å²) >= 11 is 0. The molecule has 0 fully saturated rings. The van der Waals surface area contributed by atoms with Crippen molar-refractivity contribution in [3.05, 3.63) is 52.1 Å². The fourth-order valence-corrected chi connectivity index (χ4v) is 2.28. The zero-order valence-electron chi connectivity index (χ0n) is 11.4. The second-order valence-corrected chi connectivity index (χ2v) is 4.64. The van der Waals surface area contributed by atoms with Gasteiger partial charge in [0, 0.05) is 22.9 Å². The Kier molecular flexibility index (Phi) is 3.10. The summed E-state index contributed by atoms with van der Waals surface area (Å²) in [6.45, 7) is 0. The van der Waals surface area contributed by atoms with Gasteiger partial charge in [-0.25, -0.2) is 9.78 Å². The number of pyridine rings is 1. The highest BCUT2D eigenvalue weighted by molar-refractivity contribution is 6.07. The van der Waals surface area contributed by atoms with E-state index in [2.05, 4.69) is 4.98 Å². The molecule has 0 aliphatic heterocycles. The number of nitro benzene ring substituents is 1. The molecule has 0 spiro atoms. The van der Waals surface area contributed by atoms with E-state index in [1.165, 1.54) is 37.4 Å². The molecule has 1 N–H and O–H groups in total. The molecular formula is C15H10N2O5. The van der Waals surface area contributed by atoms with Crippen LogP contribution in [0.1, 0.15) is 10.4 Å². The number of hydrogen-bond donors (Lipinski definition) is 1. The first-order valence-corrected chi connectivity index (χ1v) is 6.30. The summed E-state index contributed by atoms with van der Waals surface area (Å²) in [5, 5.41) is 21.6. The molecule has 7 nitrogen and oxygen atoms in total. The maximum absolute atomic E-state index is 11.8. The van der Waals surface area contributed by atoms with Crippen molar-refractivity contribution in [1.29, 1.82) is 0 Å². The van der Waals surface area contributed by atoms with Crippen LogP contribution < -0.4 is 0 Å². The summed E-state index contributed by atoms with van der Waals surface area (Å²) in [5.41, 5.74) is 0.912. The van der Waals surface area contributed by atoms with Crippen molar-refractivity contribution in [1.82, 2.24) is 4.98 Å². The minimum Gasteiger partial charge on any atom is -0.507 e. The lowest BCUT2D eigenvalue weighted by Gasteiger charge is -2.07. The molecule has 0 atom stereocenters. The molecule has 0 bridgehead atoms. The van der Waals surface area contributed by atoms with Crippen LogP contribution >= 0.6 is 0 Å². The van der Waals surface area contributed by atoms with Crippen molar-refractivity contribution in [3.63, 3.8) is 0 Å². The number of nitro groups is 1. The highest BCUT2D eigenvalue weighted by Gasteiger charge is 2.16. The average Bonchev–Trinajstić information content (AvgIpc) is 2.52. The number of rotatable bonds is 2. The molecule has 3 aromatic rings. The van der Waals surface area contributed by atoms with Gasteiger partial charge in [0.1, 0.15) is 5.75 Å². The number of fused-ring (bicyclic) bond motifs is 2. The largest absolute Gasteiger partial charge is 0.507 e. The van der Waals surface area contributed by atoms with Gasteiger partial charge < -0.3 is 9.84 Å². The number of hydrogen-bond acceptors (Lipinski definition) is 6. The molecule has 1 heterocycles. The van der Waals surface area contributed by atoms with E-state index in [0.29, 0.717) is 16.3 Å². The highest BCUT2D eigenvalue weighted by atomic mass is 16.6. The molecule has 0 aliphatic rings. The zero-order valence-corrected chi connectivity index (χ0v) is 11.4. The molecule has 0 aliphatic carbocycles. The lowest BCUT2D eigenvalue weighted by molar-refractivity contribution is -0.384. The van der Waals surface area contributed by atoms with Crippen LogP contribution in [0.2, 0.25) is 0 Å². The molecule has 2 aromatic carbocycles. The van der Waals surface area contributed by atoms with Crippen molar-refractivity contribution >= 4 is 33.5 Å². The number of methoxy groups -OCH3 is 1. The Morgan fingerprint density at radius 1 is 1.27 bits per heavy atom. The number of carbonyl (C=O) groups excluding carboxylic acids is 1. The smallest absolute Gasteiger partial charge is 0.340 e. The molecule has 0 radical (unpaired) electrons. The van der Waals surface area contributed by atoms with Gasteiger partial charge in [0.05, 0.1) is 28.6 Å². The Labute approximate surface area is 123 Å². The Morgan fingerprint density at radius 3 is 2.73 bits per heavy atom. The van der Waals surface area contributed by atoms with Crippen LogP contribution in [0.15, 0.2) is 36.4 Å². The second-order valence-electron chi connectivity index (χ2n) is 4.64. The average molecular weight is 298 g/mol. The molecule has 3 rings (SSSR count). The first-order chi connectivity index (χ1) is 10.5. The van der Waals surface area contributed by atoms with Crippen LogP contribution in [0.4, 0.5) is 5.69 Å². The van der Waals surface area contributed by atoms with Gasteiger partial charge in [-0.1, -0.05) is 0 Å². The lowest BCUT2D eigenvalue weighted by atomic mass is 10.1. The summed E-state index contributed by atoms with van der Waals surface area (Å²) in [6.07, 6.45) is 0. The van der Waals surface area contributed by atoms with Crippen molar-refractivity contribution < 1.29 is 19.6 Å². The van der Waals surface area contributed by atoms with Gasteiger partial charge in [0.15, 0.2) is 0 Å². The Bertz CT molecular complexity index is 936. The van der Waals surface area contributed by atoms with Crippen LogP contribution in [0, 0.1) is 10.1 Å². The monoisotopic (exact) mass is 298 g/mol. The van der Waals surface area contributed by atoms with E-state index in [4.69, 9.17) is 4.74 Å². The van der Waals surface area contributed by atoms with E-state index < -0.39 is 10.9 Å². The van der Waals surface area contributed by atoms with E-state index >= 15 is 0 Å².